The Balaban J connectivity index is 2.44. The van der Waals surface area contributed by atoms with Gasteiger partial charge in [0.25, 0.3) is 0 Å². The molecule has 1 aromatic carbocycles. The molecule has 0 spiro atoms. The Morgan fingerprint density at radius 3 is 2.79 bits per heavy atom. The van der Waals surface area contributed by atoms with Gasteiger partial charge in [-0.1, -0.05) is 24.3 Å². The first-order chi connectivity index (χ1) is 6.81. The number of aromatic nitrogens is 1. The first kappa shape index (κ1) is 9.37. The highest BCUT2D eigenvalue weighted by Gasteiger charge is 2.05. The zero-order chi connectivity index (χ0) is 9.97. The van der Waals surface area contributed by atoms with Gasteiger partial charge in [0.05, 0.1) is 12.3 Å². The lowest BCUT2D eigenvalue weighted by Crippen LogP contribution is -1.84. The number of aliphatic hydroxyl groups is 1. The van der Waals surface area contributed by atoms with Crippen LogP contribution < -0.4 is 0 Å². The fraction of sp³-hybridized carbons (Fsp3) is 0.182. The molecule has 0 saturated carbocycles. The summed E-state index contributed by atoms with van der Waals surface area (Å²) in [4.78, 5) is 4.33. The highest BCUT2D eigenvalue weighted by atomic mass is 32.1. The molecular formula is C11H11NOS. The summed E-state index contributed by atoms with van der Waals surface area (Å²) >= 11 is 1.49. The first-order valence-corrected chi connectivity index (χ1v) is 5.30. The van der Waals surface area contributed by atoms with Gasteiger partial charge < -0.3 is 5.11 Å². The molecule has 0 unspecified atom stereocenters. The number of aryl methyl sites for hydroxylation is 1. The van der Waals surface area contributed by atoms with Gasteiger partial charge >= 0.3 is 0 Å². The van der Waals surface area contributed by atoms with Crippen LogP contribution in [0, 0.1) is 6.92 Å². The minimum atomic E-state index is 0.0244. The predicted octanol–water partition coefficient (Wildman–Crippen LogP) is 2.61. The second-order valence-corrected chi connectivity index (χ2v) is 4.04. The van der Waals surface area contributed by atoms with Crippen LogP contribution in [0.1, 0.15) is 10.6 Å². The average Bonchev–Trinajstić information content (AvgIpc) is 2.67. The van der Waals surface area contributed by atoms with Gasteiger partial charge in [-0.15, -0.1) is 11.3 Å². The summed E-state index contributed by atoms with van der Waals surface area (Å²) < 4.78 is 0. The third-order valence-electron chi connectivity index (χ3n) is 2.11. The molecular weight excluding hydrogens is 194 g/mol. The van der Waals surface area contributed by atoms with E-state index in [1.54, 1.807) is 0 Å². The molecule has 1 heterocycles. The van der Waals surface area contributed by atoms with Crippen LogP contribution in [0.25, 0.3) is 11.3 Å². The predicted molar refractivity (Wildman–Crippen MR) is 58.2 cm³/mol. The van der Waals surface area contributed by atoms with E-state index in [9.17, 15) is 0 Å². The van der Waals surface area contributed by atoms with Crippen molar-refractivity contribution in [2.24, 2.45) is 0 Å². The van der Waals surface area contributed by atoms with E-state index >= 15 is 0 Å². The minimum absolute atomic E-state index is 0.0244. The quantitative estimate of drug-likeness (QED) is 0.817. The van der Waals surface area contributed by atoms with Crippen molar-refractivity contribution in [2.75, 3.05) is 0 Å². The molecule has 0 bridgehead atoms. The van der Waals surface area contributed by atoms with Crippen LogP contribution in [-0.2, 0) is 6.61 Å². The van der Waals surface area contributed by atoms with Crippen molar-refractivity contribution in [1.29, 1.82) is 0 Å². The molecule has 14 heavy (non-hydrogen) atoms. The van der Waals surface area contributed by atoms with Gasteiger partial charge in [0, 0.05) is 10.9 Å². The van der Waals surface area contributed by atoms with Crippen molar-refractivity contribution in [1.82, 2.24) is 4.98 Å². The minimum Gasteiger partial charge on any atom is -0.389 e. The fourth-order valence-electron chi connectivity index (χ4n) is 1.37. The summed E-state index contributed by atoms with van der Waals surface area (Å²) in [6, 6.07) is 8.12. The zero-order valence-corrected chi connectivity index (χ0v) is 8.71. The second kappa shape index (κ2) is 3.90. The fourth-order valence-corrected chi connectivity index (χ4v) is 2.02. The van der Waals surface area contributed by atoms with Gasteiger partial charge in [-0.05, 0) is 12.5 Å². The molecule has 72 valence electrons. The number of hydrogen-bond acceptors (Lipinski definition) is 3. The average molecular weight is 205 g/mol. The van der Waals surface area contributed by atoms with Gasteiger partial charge in [-0.2, -0.15) is 0 Å². The van der Waals surface area contributed by atoms with Crippen LogP contribution >= 0.6 is 11.3 Å². The summed E-state index contributed by atoms with van der Waals surface area (Å²) in [6.07, 6.45) is 0. The van der Waals surface area contributed by atoms with E-state index < -0.39 is 0 Å². The van der Waals surface area contributed by atoms with E-state index in [2.05, 4.69) is 18.0 Å². The van der Waals surface area contributed by atoms with Crippen molar-refractivity contribution in [2.45, 2.75) is 13.5 Å². The number of thiazole rings is 1. The summed E-state index contributed by atoms with van der Waals surface area (Å²) in [5.41, 5.74) is 3.31. The van der Waals surface area contributed by atoms with Gasteiger partial charge in [0.1, 0.15) is 5.01 Å². The maximum Gasteiger partial charge on any atom is 0.119 e. The van der Waals surface area contributed by atoms with Crippen molar-refractivity contribution >= 4 is 11.3 Å². The number of hydrogen-bond donors (Lipinski definition) is 1. The number of rotatable bonds is 2. The second-order valence-electron chi connectivity index (χ2n) is 3.10. The highest BCUT2D eigenvalue weighted by molar-refractivity contribution is 7.09. The Labute approximate surface area is 86.9 Å². The molecule has 1 aromatic heterocycles. The Kier molecular flexibility index (Phi) is 2.61. The van der Waals surface area contributed by atoms with Crippen molar-refractivity contribution in [3.05, 3.63) is 40.2 Å². The molecule has 2 nitrogen and oxygen atoms in total. The van der Waals surface area contributed by atoms with Gasteiger partial charge in [0.2, 0.25) is 0 Å². The maximum atomic E-state index is 8.92. The first-order valence-electron chi connectivity index (χ1n) is 4.42. The topological polar surface area (TPSA) is 33.1 Å². The highest BCUT2D eigenvalue weighted by Crippen LogP contribution is 2.24. The van der Waals surface area contributed by atoms with E-state index in [1.165, 1.54) is 16.9 Å². The Hall–Kier alpha value is -1.19. The van der Waals surface area contributed by atoms with Crippen LogP contribution in [0.4, 0.5) is 0 Å². The Morgan fingerprint density at radius 1 is 1.36 bits per heavy atom. The van der Waals surface area contributed by atoms with Gasteiger partial charge in [-0.25, -0.2) is 4.98 Å². The summed E-state index contributed by atoms with van der Waals surface area (Å²) in [6.45, 7) is 2.09. The lowest BCUT2D eigenvalue weighted by atomic mass is 10.1. The monoisotopic (exact) mass is 205 g/mol. The molecule has 0 fully saturated rings. The van der Waals surface area contributed by atoms with E-state index in [1.807, 2.05) is 23.6 Å². The smallest absolute Gasteiger partial charge is 0.119 e. The van der Waals surface area contributed by atoms with Crippen LogP contribution in [0.3, 0.4) is 0 Å². The number of nitrogens with zero attached hydrogens (tertiary/aromatic N) is 1. The number of benzene rings is 1. The van der Waals surface area contributed by atoms with Gasteiger partial charge in [0.15, 0.2) is 0 Å². The normalized spacial score (nSPS) is 10.4. The molecule has 0 aliphatic heterocycles. The van der Waals surface area contributed by atoms with Crippen LogP contribution in [0.15, 0.2) is 29.6 Å². The van der Waals surface area contributed by atoms with Crippen molar-refractivity contribution < 1.29 is 5.11 Å². The molecule has 0 radical (unpaired) electrons. The maximum absolute atomic E-state index is 8.92. The SMILES string of the molecule is Cc1ccccc1-c1csc(CO)n1. The van der Waals surface area contributed by atoms with E-state index in [-0.39, 0.29) is 6.61 Å². The van der Waals surface area contributed by atoms with E-state index in [4.69, 9.17) is 5.11 Å². The summed E-state index contributed by atoms with van der Waals surface area (Å²) in [7, 11) is 0. The Bertz CT molecular complexity index is 436. The van der Waals surface area contributed by atoms with Gasteiger partial charge in [-0.3, -0.25) is 0 Å². The third-order valence-corrected chi connectivity index (χ3v) is 2.94. The third kappa shape index (κ3) is 1.69. The zero-order valence-electron chi connectivity index (χ0n) is 7.90. The van der Waals surface area contributed by atoms with Crippen LogP contribution in [0.5, 0.6) is 0 Å². The standard InChI is InChI=1S/C11H11NOS/c1-8-4-2-3-5-9(8)10-7-14-11(6-13)12-10/h2-5,7,13H,6H2,1H3. The molecule has 0 saturated heterocycles. The lowest BCUT2D eigenvalue weighted by Gasteiger charge is -2.00. The Morgan fingerprint density at radius 2 is 2.14 bits per heavy atom. The molecule has 0 aliphatic rings. The van der Waals surface area contributed by atoms with E-state index in [0.29, 0.717) is 0 Å². The molecule has 2 rings (SSSR count). The van der Waals surface area contributed by atoms with Crippen molar-refractivity contribution in [3.63, 3.8) is 0 Å². The number of aliphatic hydroxyl groups excluding tert-OH is 1. The molecule has 0 aliphatic carbocycles. The van der Waals surface area contributed by atoms with Crippen LogP contribution in [0.2, 0.25) is 0 Å². The molecule has 3 heteroatoms. The van der Waals surface area contributed by atoms with Crippen molar-refractivity contribution in [3.8, 4) is 11.3 Å². The largest absolute Gasteiger partial charge is 0.389 e. The summed E-state index contributed by atoms with van der Waals surface area (Å²) in [5.74, 6) is 0. The summed E-state index contributed by atoms with van der Waals surface area (Å²) in [5, 5.41) is 11.7. The molecule has 1 N–H and O–H groups in total. The molecule has 2 aromatic rings. The molecule has 0 atom stereocenters. The van der Waals surface area contributed by atoms with E-state index in [0.717, 1.165) is 16.3 Å². The van der Waals surface area contributed by atoms with Crippen LogP contribution in [-0.4, -0.2) is 10.1 Å². The lowest BCUT2D eigenvalue weighted by molar-refractivity contribution is 0.281. The molecule has 0 amide bonds.